The fourth-order valence-electron chi connectivity index (χ4n) is 3.52. The average molecular weight is 524 g/mol. The number of fused-ring (bicyclic) bond motifs is 1. The van der Waals surface area contributed by atoms with Gasteiger partial charge in [0.05, 0.1) is 18.8 Å². The minimum absolute atomic E-state index is 0.150. The molecule has 0 saturated heterocycles. The van der Waals surface area contributed by atoms with Crippen LogP contribution in [0.5, 0.6) is 0 Å². The molecule has 0 spiro atoms. The molecule has 12 nitrogen and oxygen atoms in total. The quantitative estimate of drug-likeness (QED) is 0.148. The Morgan fingerprint density at radius 3 is 2.31 bits per heavy atom. The summed E-state index contributed by atoms with van der Waals surface area (Å²) in [6.07, 6.45) is 2.51. The molecule has 1 heterocycles. The number of hydrogen-bond donors (Lipinski definition) is 8. The minimum atomic E-state index is -1.57. The molecule has 0 aliphatic heterocycles. The highest BCUT2D eigenvalue weighted by atomic mass is 32.2. The number of thioether (sulfide) groups is 1. The fraction of sp³-hybridized carbons (Fsp3) is 0.478. The van der Waals surface area contributed by atoms with Crippen molar-refractivity contribution >= 4 is 46.4 Å². The number of carbonyl (C=O) groups is 4. The van der Waals surface area contributed by atoms with E-state index in [-0.39, 0.29) is 12.8 Å². The molecule has 1 aromatic carbocycles. The zero-order valence-corrected chi connectivity index (χ0v) is 20.9. The first-order valence-corrected chi connectivity index (χ1v) is 12.7. The maximum atomic E-state index is 12.8. The number of aliphatic hydroxyl groups excluding tert-OH is 2. The van der Waals surface area contributed by atoms with Gasteiger partial charge in [-0.15, -0.1) is 0 Å². The molecule has 0 saturated carbocycles. The van der Waals surface area contributed by atoms with Crippen LogP contribution < -0.4 is 21.7 Å². The van der Waals surface area contributed by atoms with E-state index in [0.29, 0.717) is 5.75 Å². The number of para-hydroxylation sites is 1. The molecule has 5 unspecified atom stereocenters. The summed E-state index contributed by atoms with van der Waals surface area (Å²) in [6.45, 7) is 0.463. The fourth-order valence-corrected chi connectivity index (χ4v) is 3.99. The van der Waals surface area contributed by atoms with Gasteiger partial charge >= 0.3 is 5.97 Å². The molecule has 13 heteroatoms. The molecule has 0 aliphatic carbocycles. The van der Waals surface area contributed by atoms with Crippen LogP contribution in [0.15, 0.2) is 30.5 Å². The first kappa shape index (κ1) is 29.1. The molecule has 3 amide bonds. The number of aromatic nitrogens is 1. The zero-order valence-electron chi connectivity index (χ0n) is 20.1. The van der Waals surface area contributed by atoms with Crippen molar-refractivity contribution in [3.05, 3.63) is 36.0 Å². The van der Waals surface area contributed by atoms with Crippen molar-refractivity contribution in [1.29, 1.82) is 0 Å². The van der Waals surface area contributed by atoms with Crippen LogP contribution in [-0.4, -0.2) is 92.9 Å². The summed E-state index contributed by atoms with van der Waals surface area (Å²) in [5.41, 5.74) is 7.75. The molecular weight excluding hydrogens is 490 g/mol. The molecule has 36 heavy (non-hydrogen) atoms. The largest absolute Gasteiger partial charge is 0.480 e. The molecule has 0 aliphatic rings. The number of aliphatic hydroxyl groups is 2. The van der Waals surface area contributed by atoms with Gasteiger partial charge in [0, 0.05) is 17.1 Å². The smallest absolute Gasteiger partial charge is 0.328 e. The molecule has 0 bridgehead atoms. The number of hydrogen-bond acceptors (Lipinski definition) is 8. The summed E-state index contributed by atoms with van der Waals surface area (Å²) in [6, 6.07) is 2.40. The van der Waals surface area contributed by atoms with Gasteiger partial charge in [-0.25, -0.2) is 4.79 Å². The van der Waals surface area contributed by atoms with E-state index in [1.807, 2.05) is 24.3 Å². The molecule has 1 aromatic heterocycles. The van der Waals surface area contributed by atoms with Crippen LogP contribution in [0.25, 0.3) is 10.9 Å². The van der Waals surface area contributed by atoms with Gasteiger partial charge < -0.3 is 42.0 Å². The predicted molar refractivity (Wildman–Crippen MR) is 135 cm³/mol. The van der Waals surface area contributed by atoms with Gasteiger partial charge in [0.2, 0.25) is 17.7 Å². The van der Waals surface area contributed by atoms with E-state index in [9.17, 15) is 34.5 Å². The number of H-pyrrole nitrogens is 1. The molecular formula is C23H33N5O7S. The van der Waals surface area contributed by atoms with Crippen molar-refractivity contribution in [3.8, 4) is 0 Å². The molecule has 5 atom stereocenters. The third kappa shape index (κ3) is 7.95. The van der Waals surface area contributed by atoms with Gasteiger partial charge in [-0.3, -0.25) is 14.4 Å². The van der Waals surface area contributed by atoms with E-state index in [1.54, 1.807) is 12.5 Å². The Hall–Kier alpha value is -3.13. The van der Waals surface area contributed by atoms with Crippen LogP contribution in [0.4, 0.5) is 0 Å². The molecule has 9 N–H and O–H groups in total. The van der Waals surface area contributed by atoms with E-state index < -0.39 is 60.6 Å². The first-order valence-electron chi connectivity index (χ1n) is 11.3. The Balaban J connectivity index is 2.03. The number of nitrogens with two attached hydrogens (primary N) is 1. The number of aliphatic carboxylic acids is 1. The minimum Gasteiger partial charge on any atom is -0.480 e. The van der Waals surface area contributed by atoms with E-state index in [1.165, 1.54) is 18.7 Å². The maximum absolute atomic E-state index is 12.8. The van der Waals surface area contributed by atoms with E-state index in [2.05, 4.69) is 20.9 Å². The zero-order chi connectivity index (χ0) is 26.8. The summed E-state index contributed by atoms with van der Waals surface area (Å²) in [7, 11) is 0. The van der Waals surface area contributed by atoms with E-state index in [4.69, 9.17) is 5.73 Å². The second-order valence-corrected chi connectivity index (χ2v) is 9.31. The molecule has 2 aromatic rings. The lowest BCUT2D eigenvalue weighted by Gasteiger charge is -2.25. The lowest BCUT2D eigenvalue weighted by atomic mass is 10.0. The van der Waals surface area contributed by atoms with Gasteiger partial charge in [-0.2, -0.15) is 11.8 Å². The lowest BCUT2D eigenvalue weighted by molar-refractivity contribution is -0.145. The number of aromatic amines is 1. The standard InChI is InChI=1S/C23H33N5O7S/c1-12(30)19(23(34)35)28-21(32)17(7-8-36-2)26-22(33)18(11-29)27-20(31)15(24)9-13-10-25-16-6-4-3-5-14(13)16/h3-6,10,12,15,17-19,25,29-30H,7-9,11,24H2,1-2H3,(H,26,33)(H,27,31)(H,28,32)(H,34,35). The van der Waals surface area contributed by atoms with E-state index in [0.717, 1.165) is 16.5 Å². The van der Waals surface area contributed by atoms with Gasteiger partial charge in [-0.05, 0) is 43.4 Å². The van der Waals surface area contributed by atoms with Crippen LogP contribution >= 0.6 is 11.8 Å². The average Bonchev–Trinajstić information content (AvgIpc) is 3.25. The summed E-state index contributed by atoms with van der Waals surface area (Å²) in [5, 5.41) is 36.5. The number of nitrogens with one attached hydrogen (secondary N) is 4. The highest BCUT2D eigenvalue weighted by molar-refractivity contribution is 7.98. The van der Waals surface area contributed by atoms with Crippen LogP contribution in [0, 0.1) is 0 Å². The number of rotatable bonds is 14. The topological polar surface area (TPSA) is 207 Å². The van der Waals surface area contributed by atoms with Gasteiger partial charge in [0.15, 0.2) is 6.04 Å². The van der Waals surface area contributed by atoms with Crippen molar-refractivity contribution in [2.45, 2.75) is 50.0 Å². The summed E-state index contributed by atoms with van der Waals surface area (Å²) < 4.78 is 0. The predicted octanol–water partition coefficient (Wildman–Crippen LogP) is -1.30. The van der Waals surface area contributed by atoms with E-state index >= 15 is 0 Å². The second kappa shape index (κ2) is 13.8. The second-order valence-electron chi connectivity index (χ2n) is 8.32. The number of carbonyl (C=O) groups excluding carboxylic acids is 3. The maximum Gasteiger partial charge on any atom is 0.328 e. The first-order chi connectivity index (χ1) is 17.1. The summed E-state index contributed by atoms with van der Waals surface area (Å²) >= 11 is 1.40. The number of benzene rings is 1. The van der Waals surface area contributed by atoms with Crippen LogP contribution in [0.1, 0.15) is 18.9 Å². The van der Waals surface area contributed by atoms with Crippen molar-refractivity contribution in [3.63, 3.8) is 0 Å². The Morgan fingerprint density at radius 1 is 1.06 bits per heavy atom. The highest BCUT2D eigenvalue weighted by Crippen LogP contribution is 2.18. The number of carboxylic acids is 1. The number of carboxylic acid groups (broad SMARTS) is 1. The SMILES string of the molecule is CSCCC(NC(=O)C(CO)NC(=O)C(N)Cc1c[nH]c2ccccc12)C(=O)NC(C(=O)O)C(C)O. The van der Waals surface area contributed by atoms with Gasteiger partial charge in [0.25, 0.3) is 0 Å². The Labute approximate surface area is 212 Å². The van der Waals surface area contributed by atoms with Crippen LogP contribution in [-0.2, 0) is 25.6 Å². The van der Waals surface area contributed by atoms with Crippen molar-refractivity contribution in [2.75, 3.05) is 18.6 Å². The van der Waals surface area contributed by atoms with Crippen LogP contribution in [0.2, 0.25) is 0 Å². The summed E-state index contributed by atoms with van der Waals surface area (Å²) in [5.74, 6) is -3.30. The Morgan fingerprint density at radius 2 is 1.69 bits per heavy atom. The lowest BCUT2D eigenvalue weighted by Crippen LogP contribution is -2.59. The monoisotopic (exact) mass is 523 g/mol. The Bertz CT molecular complexity index is 1060. The van der Waals surface area contributed by atoms with Gasteiger partial charge in [-0.1, -0.05) is 18.2 Å². The molecule has 0 radical (unpaired) electrons. The number of amides is 3. The third-order valence-electron chi connectivity index (χ3n) is 5.56. The van der Waals surface area contributed by atoms with Crippen molar-refractivity contribution in [1.82, 2.24) is 20.9 Å². The van der Waals surface area contributed by atoms with Crippen LogP contribution in [0.3, 0.4) is 0 Å². The Kier molecular flexibility index (Phi) is 11.2. The third-order valence-corrected chi connectivity index (χ3v) is 6.20. The van der Waals surface area contributed by atoms with Gasteiger partial charge in [0.1, 0.15) is 12.1 Å². The molecule has 198 valence electrons. The normalized spacial score (nSPS) is 15.4. The van der Waals surface area contributed by atoms with Crippen molar-refractivity contribution in [2.24, 2.45) is 5.73 Å². The molecule has 0 fully saturated rings. The summed E-state index contributed by atoms with van der Waals surface area (Å²) in [4.78, 5) is 52.5. The highest BCUT2D eigenvalue weighted by Gasteiger charge is 2.31. The van der Waals surface area contributed by atoms with Crippen molar-refractivity contribution < 1.29 is 34.5 Å². The molecule has 2 rings (SSSR count).